The third-order valence-electron chi connectivity index (χ3n) is 3.33. The van der Waals surface area contributed by atoms with Gasteiger partial charge in [-0.3, -0.25) is 4.68 Å². The van der Waals surface area contributed by atoms with Crippen molar-refractivity contribution in [3.8, 4) is 0 Å². The van der Waals surface area contributed by atoms with E-state index in [9.17, 15) is 0 Å². The lowest BCUT2D eigenvalue weighted by atomic mass is 9.99. The summed E-state index contributed by atoms with van der Waals surface area (Å²) >= 11 is 5.86. The van der Waals surface area contributed by atoms with Crippen molar-refractivity contribution >= 4 is 11.6 Å². The molecule has 0 saturated carbocycles. The average Bonchev–Trinajstić information content (AvgIpc) is 2.82. The molecule has 1 aromatic heterocycles. The van der Waals surface area contributed by atoms with Crippen LogP contribution in [0.4, 0.5) is 0 Å². The highest BCUT2D eigenvalue weighted by Crippen LogP contribution is 2.16. The second-order valence-corrected chi connectivity index (χ2v) is 6.00. The predicted octanol–water partition coefficient (Wildman–Crippen LogP) is 3.69. The maximum atomic E-state index is 5.86. The Hall–Kier alpha value is -1.32. The molecule has 4 heteroatoms. The van der Waals surface area contributed by atoms with Gasteiger partial charge in [-0.15, -0.1) is 0 Å². The van der Waals surface area contributed by atoms with Gasteiger partial charge in [0.05, 0.1) is 17.8 Å². The van der Waals surface area contributed by atoms with Crippen LogP contribution in [0.3, 0.4) is 0 Å². The van der Waals surface area contributed by atoms with Gasteiger partial charge in [0.25, 0.3) is 0 Å². The van der Waals surface area contributed by atoms with Gasteiger partial charge in [-0.2, -0.15) is 5.10 Å². The van der Waals surface area contributed by atoms with E-state index in [1.54, 1.807) is 6.20 Å². The maximum Gasteiger partial charge on any atom is 0.0785 e. The molecule has 2 rings (SSSR count). The Balaban J connectivity index is 1.95. The van der Waals surface area contributed by atoms with Crippen molar-refractivity contribution in [2.75, 3.05) is 6.54 Å². The molecule has 0 aliphatic rings. The number of benzene rings is 1. The quantitative estimate of drug-likeness (QED) is 0.880. The Morgan fingerprint density at radius 3 is 2.45 bits per heavy atom. The zero-order valence-corrected chi connectivity index (χ0v) is 13.1. The van der Waals surface area contributed by atoms with Crippen molar-refractivity contribution < 1.29 is 0 Å². The van der Waals surface area contributed by atoms with E-state index in [4.69, 9.17) is 11.6 Å². The van der Waals surface area contributed by atoms with Gasteiger partial charge in [0.2, 0.25) is 0 Å². The Labute approximate surface area is 126 Å². The molecule has 0 saturated heterocycles. The van der Waals surface area contributed by atoms with Gasteiger partial charge < -0.3 is 5.32 Å². The molecule has 3 nitrogen and oxygen atoms in total. The Morgan fingerprint density at radius 2 is 1.90 bits per heavy atom. The first-order valence-corrected chi connectivity index (χ1v) is 7.42. The van der Waals surface area contributed by atoms with Gasteiger partial charge in [0.1, 0.15) is 0 Å². The minimum atomic E-state index is 0.519. The molecule has 0 spiro atoms. The van der Waals surface area contributed by atoms with Crippen molar-refractivity contribution in [2.45, 2.75) is 39.3 Å². The van der Waals surface area contributed by atoms with Gasteiger partial charge in [-0.05, 0) is 17.0 Å². The Bertz CT molecular complexity index is 531. The van der Waals surface area contributed by atoms with Gasteiger partial charge in [-0.1, -0.05) is 56.6 Å². The van der Waals surface area contributed by atoms with Crippen molar-refractivity contribution in [1.82, 2.24) is 15.1 Å². The van der Waals surface area contributed by atoms with Crippen molar-refractivity contribution in [3.63, 3.8) is 0 Å². The minimum absolute atomic E-state index is 0.519. The van der Waals surface area contributed by atoms with Crippen LogP contribution in [0.5, 0.6) is 0 Å². The molecule has 0 fully saturated rings. The molecule has 0 aliphatic carbocycles. The molecule has 20 heavy (non-hydrogen) atoms. The highest BCUT2D eigenvalue weighted by molar-refractivity contribution is 6.30. The molecule has 0 amide bonds. The Morgan fingerprint density at radius 1 is 1.20 bits per heavy atom. The molecule has 1 heterocycles. The fourth-order valence-electron chi connectivity index (χ4n) is 2.09. The number of halogens is 1. The van der Waals surface area contributed by atoms with Gasteiger partial charge in [-0.25, -0.2) is 0 Å². The van der Waals surface area contributed by atoms with E-state index in [0.29, 0.717) is 17.0 Å². The Kier molecular flexibility index (Phi) is 5.21. The number of nitrogens with zero attached hydrogens (tertiary/aromatic N) is 2. The summed E-state index contributed by atoms with van der Waals surface area (Å²) in [5, 5.41) is 8.34. The highest BCUT2D eigenvalue weighted by atomic mass is 35.5. The second kappa shape index (κ2) is 6.91. The van der Waals surface area contributed by atoms with E-state index in [-0.39, 0.29) is 0 Å². The van der Waals surface area contributed by atoms with Crippen molar-refractivity contribution in [2.24, 2.45) is 0 Å². The number of aromatic nitrogens is 2. The van der Waals surface area contributed by atoms with Crippen LogP contribution in [0.2, 0.25) is 5.02 Å². The molecule has 0 aliphatic heterocycles. The normalized spacial score (nSPS) is 12.8. The van der Waals surface area contributed by atoms with Crippen LogP contribution in [0.15, 0.2) is 36.7 Å². The standard InChI is InChI=1S/C16H22ClN3/c1-12(2)18-8-13(3)15-6-4-14(5-7-15)10-20-11-16(17)9-19-20/h4-7,9,11-13,18H,8,10H2,1-3H3. The largest absolute Gasteiger partial charge is 0.314 e. The summed E-state index contributed by atoms with van der Waals surface area (Å²) < 4.78 is 1.85. The summed E-state index contributed by atoms with van der Waals surface area (Å²) in [5.41, 5.74) is 2.60. The summed E-state index contributed by atoms with van der Waals surface area (Å²) in [6.45, 7) is 8.35. The topological polar surface area (TPSA) is 29.9 Å². The van der Waals surface area contributed by atoms with Gasteiger partial charge >= 0.3 is 0 Å². The lowest BCUT2D eigenvalue weighted by molar-refractivity contribution is 0.548. The van der Waals surface area contributed by atoms with Crippen molar-refractivity contribution in [1.29, 1.82) is 0 Å². The summed E-state index contributed by atoms with van der Waals surface area (Å²) in [6, 6.07) is 9.26. The highest BCUT2D eigenvalue weighted by Gasteiger charge is 2.06. The third-order valence-corrected chi connectivity index (χ3v) is 3.52. The summed E-state index contributed by atoms with van der Waals surface area (Å²) in [6.07, 6.45) is 3.50. The van der Waals surface area contributed by atoms with Crippen LogP contribution >= 0.6 is 11.6 Å². The zero-order chi connectivity index (χ0) is 14.5. The van der Waals surface area contributed by atoms with Crippen LogP contribution in [-0.2, 0) is 6.54 Å². The fraction of sp³-hybridized carbons (Fsp3) is 0.438. The maximum absolute atomic E-state index is 5.86. The molecule has 1 N–H and O–H groups in total. The van der Waals surface area contributed by atoms with E-state index in [1.807, 2.05) is 10.9 Å². The zero-order valence-electron chi connectivity index (χ0n) is 12.3. The van der Waals surface area contributed by atoms with Crippen LogP contribution in [0.1, 0.15) is 37.8 Å². The summed E-state index contributed by atoms with van der Waals surface area (Å²) in [7, 11) is 0. The molecule has 1 aromatic carbocycles. The first-order chi connectivity index (χ1) is 9.54. The molecule has 1 atom stereocenters. The SMILES string of the molecule is CC(C)NCC(C)c1ccc(Cn2cc(Cl)cn2)cc1. The summed E-state index contributed by atoms with van der Waals surface area (Å²) in [5.74, 6) is 0.519. The van der Waals surface area contributed by atoms with Crippen LogP contribution in [-0.4, -0.2) is 22.4 Å². The average molecular weight is 292 g/mol. The first kappa shape index (κ1) is 15.1. The van der Waals surface area contributed by atoms with Crippen LogP contribution in [0, 0.1) is 0 Å². The minimum Gasteiger partial charge on any atom is -0.314 e. The van der Waals surface area contributed by atoms with E-state index < -0.39 is 0 Å². The molecular weight excluding hydrogens is 270 g/mol. The van der Waals surface area contributed by atoms with Gasteiger partial charge in [0.15, 0.2) is 0 Å². The van der Waals surface area contributed by atoms with E-state index >= 15 is 0 Å². The van der Waals surface area contributed by atoms with Crippen LogP contribution < -0.4 is 5.32 Å². The number of hydrogen-bond donors (Lipinski definition) is 1. The second-order valence-electron chi connectivity index (χ2n) is 5.56. The van der Waals surface area contributed by atoms with Crippen LogP contribution in [0.25, 0.3) is 0 Å². The van der Waals surface area contributed by atoms with Crippen molar-refractivity contribution in [3.05, 3.63) is 52.8 Å². The van der Waals surface area contributed by atoms with Gasteiger partial charge in [0, 0.05) is 18.8 Å². The third kappa shape index (κ3) is 4.36. The summed E-state index contributed by atoms with van der Waals surface area (Å²) in [4.78, 5) is 0. The fourth-order valence-corrected chi connectivity index (χ4v) is 2.25. The number of hydrogen-bond acceptors (Lipinski definition) is 2. The predicted molar refractivity (Wildman–Crippen MR) is 84.3 cm³/mol. The number of nitrogens with one attached hydrogen (secondary N) is 1. The number of rotatable bonds is 6. The molecule has 0 bridgehead atoms. The lowest BCUT2D eigenvalue weighted by Gasteiger charge is -2.15. The monoisotopic (exact) mass is 291 g/mol. The molecule has 1 unspecified atom stereocenters. The molecular formula is C16H22ClN3. The van der Waals surface area contributed by atoms with E-state index in [0.717, 1.165) is 13.1 Å². The first-order valence-electron chi connectivity index (χ1n) is 7.05. The smallest absolute Gasteiger partial charge is 0.0785 e. The van der Waals surface area contributed by atoms with E-state index in [1.165, 1.54) is 11.1 Å². The lowest BCUT2D eigenvalue weighted by Crippen LogP contribution is -2.26. The van der Waals surface area contributed by atoms with E-state index in [2.05, 4.69) is 55.5 Å². The molecule has 108 valence electrons. The molecule has 0 radical (unpaired) electrons. The molecule has 2 aromatic rings.